The standard InChI is InChI=1S/C24H25N5O2/c30-22(25-19-9-5-2-6-10-19)21-27-26-20-11-12-24(14-16-29(20)21)13-15-28(17-24)23(31)18-7-3-1-4-8-18/h1-10H,11-17H2,(H,25,30). The smallest absolute Gasteiger partial charge is 0.293 e. The van der Waals surface area contributed by atoms with Gasteiger partial charge in [0, 0.05) is 37.3 Å². The Morgan fingerprint density at radius 1 is 0.871 bits per heavy atom. The Balaban J connectivity index is 1.29. The predicted octanol–water partition coefficient (Wildman–Crippen LogP) is 3.40. The molecule has 1 aromatic heterocycles. The average molecular weight is 415 g/mol. The molecule has 1 unspecified atom stereocenters. The highest BCUT2D eigenvalue weighted by Crippen LogP contribution is 2.41. The van der Waals surface area contributed by atoms with E-state index in [0.717, 1.165) is 55.8 Å². The van der Waals surface area contributed by atoms with Crippen molar-refractivity contribution >= 4 is 17.5 Å². The number of anilines is 1. The van der Waals surface area contributed by atoms with Crippen molar-refractivity contribution in [1.82, 2.24) is 19.7 Å². The van der Waals surface area contributed by atoms with E-state index in [1.165, 1.54) is 0 Å². The first kappa shape index (κ1) is 19.5. The molecule has 0 radical (unpaired) electrons. The van der Waals surface area contributed by atoms with Gasteiger partial charge in [0.15, 0.2) is 0 Å². The molecule has 7 nitrogen and oxygen atoms in total. The van der Waals surface area contributed by atoms with Gasteiger partial charge >= 0.3 is 0 Å². The van der Waals surface area contributed by atoms with E-state index in [-0.39, 0.29) is 17.2 Å². The van der Waals surface area contributed by atoms with E-state index in [0.29, 0.717) is 12.4 Å². The lowest BCUT2D eigenvalue weighted by atomic mass is 9.80. The van der Waals surface area contributed by atoms with Gasteiger partial charge in [-0.25, -0.2) is 0 Å². The van der Waals surface area contributed by atoms with Gasteiger partial charge in [0.05, 0.1) is 0 Å². The summed E-state index contributed by atoms with van der Waals surface area (Å²) in [6.45, 7) is 2.22. The number of rotatable bonds is 3. The van der Waals surface area contributed by atoms with Gasteiger partial charge in [-0.3, -0.25) is 9.59 Å². The van der Waals surface area contributed by atoms with E-state index in [9.17, 15) is 9.59 Å². The van der Waals surface area contributed by atoms with Crippen molar-refractivity contribution in [3.05, 3.63) is 77.9 Å². The summed E-state index contributed by atoms with van der Waals surface area (Å²) in [4.78, 5) is 27.6. The fourth-order valence-corrected chi connectivity index (χ4v) is 4.76. The highest BCUT2D eigenvalue weighted by molar-refractivity contribution is 6.01. The number of likely N-dealkylation sites (tertiary alicyclic amines) is 1. The molecule has 1 fully saturated rings. The SMILES string of the molecule is O=C(Nc1ccccc1)c1nnc2n1CCC1(CC2)CCN(C(=O)c2ccccc2)C1. The second kappa shape index (κ2) is 7.98. The van der Waals surface area contributed by atoms with Crippen LogP contribution in [0.15, 0.2) is 60.7 Å². The average Bonchev–Trinajstić information content (AvgIpc) is 3.37. The van der Waals surface area contributed by atoms with Crippen LogP contribution < -0.4 is 5.32 Å². The van der Waals surface area contributed by atoms with Gasteiger partial charge in [0.2, 0.25) is 5.82 Å². The number of hydrogen-bond acceptors (Lipinski definition) is 4. The summed E-state index contributed by atoms with van der Waals surface area (Å²) >= 11 is 0. The molecule has 1 spiro atoms. The number of para-hydroxylation sites is 1. The molecule has 1 atom stereocenters. The van der Waals surface area contributed by atoms with Crippen LogP contribution in [0.4, 0.5) is 5.69 Å². The Labute approximate surface area is 181 Å². The Hall–Kier alpha value is -3.48. The third-order valence-corrected chi connectivity index (χ3v) is 6.55. The summed E-state index contributed by atoms with van der Waals surface area (Å²) in [7, 11) is 0. The van der Waals surface area contributed by atoms with Gasteiger partial charge in [-0.2, -0.15) is 0 Å². The molecule has 0 bridgehead atoms. The number of hydrogen-bond donors (Lipinski definition) is 1. The number of amides is 2. The molecule has 7 heteroatoms. The van der Waals surface area contributed by atoms with Gasteiger partial charge in [0.1, 0.15) is 5.82 Å². The minimum absolute atomic E-state index is 0.0678. The zero-order valence-electron chi connectivity index (χ0n) is 17.3. The van der Waals surface area contributed by atoms with Gasteiger partial charge in [-0.1, -0.05) is 36.4 Å². The maximum absolute atomic E-state index is 12.9. The van der Waals surface area contributed by atoms with Crippen molar-refractivity contribution in [3.8, 4) is 0 Å². The topological polar surface area (TPSA) is 80.1 Å². The number of aryl methyl sites for hydroxylation is 1. The van der Waals surface area contributed by atoms with Gasteiger partial charge in [-0.15, -0.1) is 10.2 Å². The third kappa shape index (κ3) is 3.83. The normalized spacial score (nSPS) is 20.3. The van der Waals surface area contributed by atoms with Gasteiger partial charge in [-0.05, 0) is 48.9 Å². The zero-order valence-corrected chi connectivity index (χ0v) is 17.3. The maximum Gasteiger partial charge on any atom is 0.293 e. The van der Waals surface area contributed by atoms with E-state index in [2.05, 4.69) is 15.5 Å². The van der Waals surface area contributed by atoms with E-state index in [4.69, 9.17) is 0 Å². The largest absolute Gasteiger partial charge is 0.338 e. The molecule has 2 aliphatic rings. The van der Waals surface area contributed by atoms with Crippen LogP contribution in [-0.2, 0) is 13.0 Å². The summed E-state index contributed by atoms with van der Waals surface area (Å²) in [6, 6.07) is 18.8. The number of benzene rings is 2. The van der Waals surface area contributed by atoms with Crippen LogP contribution in [0.1, 0.15) is 46.1 Å². The second-order valence-corrected chi connectivity index (χ2v) is 8.50. The highest BCUT2D eigenvalue weighted by atomic mass is 16.2. The predicted molar refractivity (Wildman–Crippen MR) is 117 cm³/mol. The van der Waals surface area contributed by atoms with E-state index < -0.39 is 0 Å². The van der Waals surface area contributed by atoms with Crippen molar-refractivity contribution < 1.29 is 9.59 Å². The number of carbonyl (C=O) groups is 2. The fourth-order valence-electron chi connectivity index (χ4n) is 4.76. The van der Waals surface area contributed by atoms with Crippen molar-refractivity contribution in [2.45, 2.75) is 32.2 Å². The van der Waals surface area contributed by atoms with Crippen LogP contribution in [0.2, 0.25) is 0 Å². The molecule has 0 aliphatic carbocycles. The van der Waals surface area contributed by atoms with Crippen LogP contribution in [0, 0.1) is 5.41 Å². The molecule has 5 rings (SSSR count). The molecule has 0 saturated carbocycles. The molecule has 2 amide bonds. The summed E-state index contributed by atoms with van der Waals surface area (Å²) < 4.78 is 1.95. The van der Waals surface area contributed by atoms with Crippen LogP contribution in [0.5, 0.6) is 0 Å². The van der Waals surface area contributed by atoms with Crippen molar-refractivity contribution in [2.24, 2.45) is 5.41 Å². The Bertz CT molecular complexity index is 1100. The van der Waals surface area contributed by atoms with Crippen molar-refractivity contribution in [3.63, 3.8) is 0 Å². The number of nitrogens with zero attached hydrogens (tertiary/aromatic N) is 4. The number of aromatic nitrogens is 3. The zero-order chi connectivity index (χ0) is 21.3. The van der Waals surface area contributed by atoms with Crippen LogP contribution in [-0.4, -0.2) is 44.6 Å². The maximum atomic E-state index is 12.9. The summed E-state index contributed by atoms with van der Waals surface area (Å²) in [5, 5.41) is 11.4. The first-order valence-corrected chi connectivity index (χ1v) is 10.8. The summed E-state index contributed by atoms with van der Waals surface area (Å²) in [5.41, 5.74) is 1.55. The van der Waals surface area contributed by atoms with Crippen LogP contribution >= 0.6 is 0 Å². The summed E-state index contributed by atoms with van der Waals surface area (Å²) in [6.07, 6.45) is 3.60. The third-order valence-electron chi connectivity index (χ3n) is 6.55. The lowest BCUT2D eigenvalue weighted by molar-refractivity contribution is 0.0767. The number of fused-ring (bicyclic) bond motifs is 1. The molecular weight excluding hydrogens is 390 g/mol. The second-order valence-electron chi connectivity index (χ2n) is 8.50. The molecule has 31 heavy (non-hydrogen) atoms. The summed E-state index contributed by atoms with van der Waals surface area (Å²) in [5.74, 6) is 1.06. The molecule has 3 aromatic rings. The molecule has 158 valence electrons. The first-order valence-electron chi connectivity index (χ1n) is 10.8. The minimum Gasteiger partial charge on any atom is -0.338 e. The molecule has 1 N–H and O–H groups in total. The molecule has 2 aliphatic heterocycles. The quantitative estimate of drug-likeness (QED) is 0.711. The number of nitrogens with one attached hydrogen (secondary N) is 1. The van der Waals surface area contributed by atoms with E-state index >= 15 is 0 Å². The monoisotopic (exact) mass is 415 g/mol. The van der Waals surface area contributed by atoms with Crippen molar-refractivity contribution in [1.29, 1.82) is 0 Å². The molecule has 2 aromatic carbocycles. The molecule has 3 heterocycles. The van der Waals surface area contributed by atoms with E-state index in [1.54, 1.807) is 0 Å². The van der Waals surface area contributed by atoms with Gasteiger partial charge in [0.25, 0.3) is 11.8 Å². The Kier molecular flexibility index (Phi) is 5.02. The lowest BCUT2D eigenvalue weighted by Gasteiger charge is -2.27. The molecule has 1 saturated heterocycles. The van der Waals surface area contributed by atoms with Crippen molar-refractivity contribution in [2.75, 3.05) is 18.4 Å². The molecular formula is C24H25N5O2. The lowest BCUT2D eigenvalue weighted by Crippen LogP contribution is -2.32. The Morgan fingerprint density at radius 2 is 1.58 bits per heavy atom. The number of carbonyl (C=O) groups excluding carboxylic acids is 2. The van der Waals surface area contributed by atoms with Crippen LogP contribution in [0.3, 0.4) is 0 Å². The van der Waals surface area contributed by atoms with Crippen LogP contribution in [0.25, 0.3) is 0 Å². The minimum atomic E-state index is -0.242. The fraction of sp³-hybridized carbons (Fsp3) is 0.333. The first-order chi connectivity index (χ1) is 15.1. The highest BCUT2D eigenvalue weighted by Gasteiger charge is 2.41. The Morgan fingerprint density at radius 3 is 2.35 bits per heavy atom. The van der Waals surface area contributed by atoms with E-state index in [1.807, 2.05) is 70.1 Å². The van der Waals surface area contributed by atoms with Gasteiger partial charge < -0.3 is 14.8 Å².